The second-order valence-corrected chi connectivity index (χ2v) is 5.16. The molecule has 0 saturated heterocycles. The topological polar surface area (TPSA) is 24.9 Å². The summed E-state index contributed by atoms with van der Waals surface area (Å²) in [4.78, 5) is 4.75. The Morgan fingerprint density at radius 2 is 2.05 bits per heavy atom. The van der Waals surface area contributed by atoms with E-state index in [2.05, 4.69) is 12.2 Å². The summed E-state index contributed by atoms with van der Waals surface area (Å²) in [5.41, 5.74) is 4.51. The summed E-state index contributed by atoms with van der Waals surface area (Å²) in [7, 11) is 0. The molecule has 1 heterocycles. The number of nitrogens with zero attached hydrogens (tertiary/aromatic N) is 1. The Hall–Kier alpha value is -1.64. The average Bonchev–Trinajstić information content (AvgIpc) is 2.64. The Labute approximate surface area is 113 Å². The fraction of sp³-hybridized carbons (Fsp3) is 0.438. The number of aryl methyl sites for hydroxylation is 1. The van der Waals surface area contributed by atoms with E-state index in [4.69, 9.17) is 4.98 Å². The molecule has 0 fully saturated rings. The second kappa shape index (κ2) is 5.16. The summed E-state index contributed by atoms with van der Waals surface area (Å²) < 4.78 is 13.5. The highest BCUT2D eigenvalue weighted by molar-refractivity contribution is 5.93. The molecule has 1 aromatic carbocycles. The number of nitrogens with one attached hydrogen (secondary N) is 1. The van der Waals surface area contributed by atoms with Crippen molar-refractivity contribution in [2.24, 2.45) is 0 Å². The Kier molecular flexibility index (Phi) is 3.36. The molecule has 0 unspecified atom stereocenters. The molecule has 0 radical (unpaired) electrons. The molecule has 0 bridgehead atoms. The van der Waals surface area contributed by atoms with E-state index < -0.39 is 0 Å². The smallest absolute Gasteiger partial charge is 0.124 e. The maximum Gasteiger partial charge on any atom is 0.124 e. The quantitative estimate of drug-likeness (QED) is 0.821. The van der Waals surface area contributed by atoms with Gasteiger partial charge in [0.15, 0.2) is 0 Å². The molecule has 3 rings (SSSR count). The number of hydrogen-bond acceptors (Lipinski definition) is 2. The number of fused-ring (bicyclic) bond motifs is 2. The lowest BCUT2D eigenvalue weighted by Gasteiger charge is -2.16. The fourth-order valence-corrected chi connectivity index (χ4v) is 2.95. The van der Waals surface area contributed by atoms with Crippen LogP contribution in [0.4, 0.5) is 10.1 Å². The van der Waals surface area contributed by atoms with Gasteiger partial charge >= 0.3 is 0 Å². The van der Waals surface area contributed by atoms with Crippen LogP contribution in [0.25, 0.3) is 10.9 Å². The van der Waals surface area contributed by atoms with E-state index in [1.54, 1.807) is 12.1 Å². The molecule has 0 saturated carbocycles. The van der Waals surface area contributed by atoms with E-state index in [9.17, 15) is 4.39 Å². The van der Waals surface area contributed by atoms with Gasteiger partial charge in [0.1, 0.15) is 5.82 Å². The van der Waals surface area contributed by atoms with E-state index in [1.807, 2.05) is 0 Å². The Balaban J connectivity index is 2.27. The number of anilines is 1. The van der Waals surface area contributed by atoms with Gasteiger partial charge in [-0.05, 0) is 56.4 Å². The predicted octanol–water partition coefficient (Wildman–Crippen LogP) is 4.07. The molecule has 1 N–H and O–H groups in total. The molecule has 100 valence electrons. The van der Waals surface area contributed by atoms with Gasteiger partial charge in [0.05, 0.1) is 5.52 Å². The number of hydrogen-bond donors (Lipinski definition) is 1. The fourth-order valence-electron chi connectivity index (χ4n) is 2.95. The van der Waals surface area contributed by atoms with Gasteiger partial charge in [-0.15, -0.1) is 0 Å². The number of halogens is 1. The molecule has 0 aliphatic heterocycles. The minimum Gasteiger partial charge on any atom is -0.384 e. The second-order valence-electron chi connectivity index (χ2n) is 5.16. The zero-order valence-corrected chi connectivity index (χ0v) is 11.3. The normalized spacial score (nSPS) is 15.1. The Bertz CT molecular complexity index is 607. The summed E-state index contributed by atoms with van der Waals surface area (Å²) in [5.74, 6) is -0.193. The summed E-state index contributed by atoms with van der Waals surface area (Å²) >= 11 is 0. The zero-order chi connectivity index (χ0) is 13.2. The molecular weight excluding hydrogens is 239 g/mol. The van der Waals surface area contributed by atoms with Crippen LogP contribution in [0.2, 0.25) is 0 Å². The third-order valence-corrected chi connectivity index (χ3v) is 3.83. The lowest BCUT2D eigenvalue weighted by molar-refractivity contribution is 0.629. The van der Waals surface area contributed by atoms with Crippen molar-refractivity contribution in [1.29, 1.82) is 0 Å². The van der Waals surface area contributed by atoms with Crippen molar-refractivity contribution in [3.63, 3.8) is 0 Å². The van der Waals surface area contributed by atoms with Crippen molar-refractivity contribution in [3.05, 3.63) is 35.3 Å². The number of rotatable bonds is 2. The molecule has 0 spiro atoms. The molecule has 3 heteroatoms. The molecule has 1 aliphatic carbocycles. The van der Waals surface area contributed by atoms with Crippen LogP contribution in [0.5, 0.6) is 0 Å². The largest absolute Gasteiger partial charge is 0.384 e. The van der Waals surface area contributed by atoms with E-state index in [-0.39, 0.29) is 5.82 Å². The van der Waals surface area contributed by atoms with Crippen LogP contribution in [0.15, 0.2) is 18.2 Å². The van der Waals surface area contributed by atoms with Gasteiger partial charge in [-0.3, -0.25) is 4.98 Å². The van der Waals surface area contributed by atoms with Gasteiger partial charge in [0.25, 0.3) is 0 Å². The van der Waals surface area contributed by atoms with Crippen LogP contribution in [-0.4, -0.2) is 11.5 Å². The van der Waals surface area contributed by atoms with Crippen molar-refractivity contribution < 1.29 is 4.39 Å². The highest BCUT2D eigenvalue weighted by Gasteiger charge is 2.17. The maximum absolute atomic E-state index is 13.5. The first-order chi connectivity index (χ1) is 9.29. The van der Waals surface area contributed by atoms with Gasteiger partial charge < -0.3 is 5.32 Å². The van der Waals surface area contributed by atoms with Crippen molar-refractivity contribution >= 4 is 16.6 Å². The van der Waals surface area contributed by atoms with Crippen LogP contribution in [-0.2, 0) is 12.8 Å². The Morgan fingerprint density at radius 1 is 1.21 bits per heavy atom. The van der Waals surface area contributed by atoms with Gasteiger partial charge in [-0.25, -0.2) is 4.39 Å². The molecule has 2 nitrogen and oxygen atoms in total. The van der Waals surface area contributed by atoms with E-state index in [0.29, 0.717) is 0 Å². The van der Waals surface area contributed by atoms with Gasteiger partial charge in [-0.1, -0.05) is 6.42 Å². The first-order valence-electron chi connectivity index (χ1n) is 7.14. The van der Waals surface area contributed by atoms with Crippen molar-refractivity contribution in [1.82, 2.24) is 4.98 Å². The molecule has 0 amide bonds. The molecule has 1 aromatic heterocycles. The standard InChI is InChI=1S/C16H19FN2/c1-2-18-16-12-6-4-3-5-7-14(12)19-15-9-8-11(17)10-13(15)16/h8-10H,2-7H2,1H3,(H,18,19). The minimum atomic E-state index is -0.193. The summed E-state index contributed by atoms with van der Waals surface area (Å²) in [6, 6.07) is 4.89. The van der Waals surface area contributed by atoms with Crippen LogP contribution < -0.4 is 5.32 Å². The highest BCUT2D eigenvalue weighted by Crippen LogP contribution is 2.33. The SMILES string of the molecule is CCNc1c2c(nc3ccc(F)cc13)CCCCC2. The predicted molar refractivity (Wildman–Crippen MR) is 77.1 cm³/mol. The summed E-state index contributed by atoms with van der Waals surface area (Å²) in [6.07, 6.45) is 5.76. The molecule has 19 heavy (non-hydrogen) atoms. The number of aromatic nitrogens is 1. The summed E-state index contributed by atoms with van der Waals surface area (Å²) in [5, 5.41) is 4.35. The van der Waals surface area contributed by atoms with E-state index >= 15 is 0 Å². The molecule has 1 aliphatic rings. The lowest BCUT2D eigenvalue weighted by atomic mass is 10.0. The molecule has 2 aromatic rings. The monoisotopic (exact) mass is 258 g/mol. The molecular formula is C16H19FN2. The zero-order valence-electron chi connectivity index (χ0n) is 11.3. The first kappa shape index (κ1) is 12.4. The first-order valence-corrected chi connectivity index (χ1v) is 7.14. The van der Waals surface area contributed by atoms with Crippen LogP contribution in [0.3, 0.4) is 0 Å². The van der Waals surface area contributed by atoms with Crippen LogP contribution in [0, 0.1) is 5.82 Å². The van der Waals surface area contributed by atoms with Crippen molar-refractivity contribution in [3.8, 4) is 0 Å². The molecule has 0 atom stereocenters. The number of pyridine rings is 1. The number of benzene rings is 1. The van der Waals surface area contributed by atoms with E-state index in [0.717, 1.165) is 36.0 Å². The van der Waals surface area contributed by atoms with Gasteiger partial charge in [0, 0.05) is 23.3 Å². The third kappa shape index (κ3) is 2.29. The van der Waals surface area contributed by atoms with Crippen molar-refractivity contribution in [2.45, 2.75) is 39.0 Å². The maximum atomic E-state index is 13.5. The summed E-state index contributed by atoms with van der Waals surface area (Å²) in [6.45, 7) is 2.93. The lowest BCUT2D eigenvalue weighted by Crippen LogP contribution is -2.06. The van der Waals surface area contributed by atoms with Gasteiger partial charge in [-0.2, -0.15) is 0 Å². The Morgan fingerprint density at radius 3 is 2.89 bits per heavy atom. The van der Waals surface area contributed by atoms with Crippen molar-refractivity contribution in [2.75, 3.05) is 11.9 Å². The third-order valence-electron chi connectivity index (χ3n) is 3.83. The van der Waals surface area contributed by atoms with Gasteiger partial charge in [0.2, 0.25) is 0 Å². The minimum absolute atomic E-state index is 0.193. The van der Waals surface area contributed by atoms with Crippen LogP contribution in [0.1, 0.15) is 37.4 Å². The van der Waals surface area contributed by atoms with Crippen LogP contribution >= 0.6 is 0 Å². The average molecular weight is 258 g/mol. The van der Waals surface area contributed by atoms with E-state index in [1.165, 1.54) is 36.6 Å². The highest BCUT2D eigenvalue weighted by atomic mass is 19.1.